The fraction of sp³-hybridized carbons (Fsp3) is 0.211. The molecule has 0 unspecified atom stereocenters. The van der Waals surface area contributed by atoms with E-state index < -0.39 is 11.3 Å². The largest absolute Gasteiger partial charge is 0.325 e. The Morgan fingerprint density at radius 1 is 1.21 bits per heavy atom. The van der Waals surface area contributed by atoms with Gasteiger partial charge in [-0.2, -0.15) is 0 Å². The van der Waals surface area contributed by atoms with E-state index in [0.29, 0.717) is 21.7 Å². The number of nitrogens with zero attached hydrogens (tertiary/aromatic N) is 3. The van der Waals surface area contributed by atoms with E-state index in [9.17, 15) is 9.18 Å². The molecule has 0 aliphatic carbocycles. The van der Waals surface area contributed by atoms with Crippen molar-refractivity contribution in [1.29, 1.82) is 0 Å². The summed E-state index contributed by atoms with van der Waals surface area (Å²) < 4.78 is 15.1. The van der Waals surface area contributed by atoms with Gasteiger partial charge in [0.25, 0.3) is 0 Å². The van der Waals surface area contributed by atoms with E-state index in [1.165, 1.54) is 23.9 Å². The summed E-state index contributed by atoms with van der Waals surface area (Å²) in [4.78, 5) is 13.2. The highest BCUT2D eigenvalue weighted by Crippen LogP contribution is 2.37. The maximum absolute atomic E-state index is 13.4. The van der Waals surface area contributed by atoms with Gasteiger partial charge in [0, 0.05) is 10.7 Å². The summed E-state index contributed by atoms with van der Waals surface area (Å²) in [6.45, 7) is 3.72. The Bertz CT molecular complexity index is 1040. The van der Waals surface area contributed by atoms with Gasteiger partial charge in [-0.25, -0.2) is 9.07 Å². The van der Waals surface area contributed by atoms with Crippen molar-refractivity contribution in [3.63, 3.8) is 0 Å². The number of amides is 1. The number of aromatic nitrogens is 3. The number of carbonyl (C=O) groups excluding carboxylic acids is 1. The number of halogens is 2. The monoisotopic (exact) mass is 417 g/mol. The maximum Gasteiger partial charge on any atom is 0.240 e. The van der Waals surface area contributed by atoms with Gasteiger partial charge in [0.15, 0.2) is 0 Å². The van der Waals surface area contributed by atoms with E-state index in [4.69, 9.17) is 11.6 Å². The second-order valence-corrected chi connectivity index (χ2v) is 8.06. The quantitative estimate of drug-likeness (QED) is 0.671. The van der Waals surface area contributed by atoms with Crippen LogP contribution in [0.15, 0.2) is 47.6 Å². The molecule has 1 aliphatic rings. The Morgan fingerprint density at radius 2 is 1.96 bits per heavy atom. The predicted octanol–water partition coefficient (Wildman–Crippen LogP) is 4.09. The molecule has 1 amide bonds. The lowest BCUT2D eigenvalue weighted by molar-refractivity contribution is -0.116. The minimum absolute atomic E-state index is 0.205. The first-order chi connectivity index (χ1) is 13.4. The zero-order chi connectivity index (χ0) is 19.8. The Morgan fingerprint density at radius 3 is 2.71 bits per heavy atom. The van der Waals surface area contributed by atoms with E-state index in [1.54, 1.807) is 28.9 Å². The van der Waals surface area contributed by atoms with Crippen LogP contribution >= 0.6 is 23.4 Å². The van der Waals surface area contributed by atoms with Crippen molar-refractivity contribution in [1.82, 2.24) is 14.9 Å². The Balaban J connectivity index is 1.68. The van der Waals surface area contributed by atoms with Crippen LogP contribution in [0.3, 0.4) is 0 Å². The number of benzene rings is 2. The fourth-order valence-corrected chi connectivity index (χ4v) is 4.31. The van der Waals surface area contributed by atoms with Gasteiger partial charge in [0.1, 0.15) is 16.9 Å². The van der Waals surface area contributed by atoms with Gasteiger partial charge in [-0.3, -0.25) is 4.79 Å². The first-order valence-electron chi connectivity index (χ1n) is 8.60. The lowest BCUT2D eigenvalue weighted by atomic mass is 10.0. The number of hydrogen-bond donors (Lipinski definition) is 2. The third-order valence-corrected chi connectivity index (χ3v) is 5.99. The van der Waals surface area contributed by atoms with Crippen LogP contribution in [0.1, 0.15) is 23.0 Å². The molecule has 0 fully saturated rings. The zero-order valence-corrected chi connectivity index (χ0v) is 16.7. The third kappa shape index (κ3) is 3.57. The van der Waals surface area contributed by atoms with Crippen LogP contribution in [0, 0.1) is 19.7 Å². The van der Waals surface area contributed by atoms with Crippen molar-refractivity contribution < 1.29 is 9.18 Å². The van der Waals surface area contributed by atoms with Gasteiger partial charge < -0.3 is 10.7 Å². The highest BCUT2D eigenvalue weighted by Gasteiger charge is 2.37. The molecule has 2 aromatic carbocycles. The molecule has 9 heteroatoms. The van der Waals surface area contributed by atoms with Crippen LogP contribution in [0.5, 0.6) is 0 Å². The predicted molar refractivity (Wildman–Crippen MR) is 108 cm³/mol. The molecule has 0 spiro atoms. The summed E-state index contributed by atoms with van der Waals surface area (Å²) in [5.41, 5.74) is 5.63. The smallest absolute Gasteiger partial charge is 0.240 e. The van der Waals surface area contributed by atoms with Crippen molar-refractivity contribution in [2.75, 3.05) is 10.7 Å². The van der Waals surface area contributed by atoms with Gasteiger partial charge in [-0.05, 0) is 49.2 Å². The lowest BCUT2D eigenvalue weighted by Crippen LogP contribution is -2.41. The van der Waals surface area contributed by atoms with Gasteiger partial charge in [0.2, 0.25) is 11.1 Å². The van der Waals surface area contributed by atoms with Crippen LogP contribution in [0.2, 0.25) is 5.02 Å². The summed E-state index contributed by atoms with van der Waals surface area (Å²) in [5.74, 6) is 0.146. The van der Waals surface area contributed by atoms with Crippen molar-refractivity contribution in [2.45, 2.75) is 30.3 Å². The van der Waals surface area contributed by atoms with E-state index in [0.717, 1.165) is 11.1 Å². The number of aryl methyl sites for hydroxylation is 2. The standard InChI is InChI=1S/C19H17ClFN5OS/c1-10-3-6-13(20)9-15(10)22-18(27)17-16(12-4-7-14(21)8-5-12)25-26-11(2)23-24-19(26)28-17/h3-9,16-17,25H,1-2H3,(H,22,27)/t16-,17+/m0/s1. The molecule has 4 rings (SSSR count). The molecule has 2 N–H and O–H groups in total. The summed E-state index contributed by atoms with van der Waals surface area (Å²) in [7, 11) is 0. The van der Waals surface area contributed by atoms with Crippen molar-refractivity contribution in [2.24, 2.45) is 0 Å². The normalized spacial score (nSPS) is 18.3. The molecule has 0 radical (unpaired) electrons. The van der Waals surface area contributed by atoms with E-state index in [-0.39, 0.29) is 11.7 Å². The molecular formula is C19H17ClFN5OS. The molecule has 1 aromatic heterocycles. The Labute approximate surface area is 170 Å². The third-order valence-electron chi connectivity index (χ3n) is 4.54. The van der Waals surface area contributed by atoms with Crippen LogP contribution in [-0.4, -0.2) is 26.0 Å². The maximum atomic E-state index is 13.4. The molecule has 0 saturated heterocycles. The molecule has 3 aromatic rings. The molecule has 2 atom stereocenters. The fourth-order valence-electron chi connectivity index (χ4n) is 3.01. The van der Waals surface area contributed by atoms with Crippen LogP contribution in [0.25, 0.3) is 0 Å². The summed E-state index contributed by atoms with van der Waals surface area (Å²) in [5, 5.41) is 11.7. The van der Waals surface area contributed by atoms with Gasteiger partial charge >= 0.3 is 0 Å². The minimum atomic E-state index is -0.542. The number of carbonyl (C=O) groups is 1. The minimum Gasteiger partial charge on any atom is -0.325 e. The van der Waals surface area contributed by atoms with E-state index >= 15 is 0 Å². The number of nitrogens with one attached hydrogen (secondary N) is 2. The SMILES string of the molecule is Cc1ccc(Cl)cc1NC(=O)[C@@H]1Sc2nnc(C)n2N[C@H]1c1ccc(F)cc1. The highest BCUT2D eigenvalue weighted by atomic mass is 35.5. The van der Waals surface area contributed by atoms with Crippen molar-refractivity contribution in [3.05, 3.63) is 70.3 Å². The molecular weight excluding hydrogens is 401 g/mol. The van der Waals surface area contributed by atoms with Crippen LogP contribution < -0.4 is 10.7 Å². The molecule has 1 aliphatic heterocycles. The first-order valence-corrected chi connectivity index (χ1v) is 9.86. The van der Waals surface area contributed by atoms with Gasteiger partial charge in [-0.15, -0.1) is 10.2 Å². The Hall–Kier alpha value is -2.58. The molecule has 6 nitrogen and oxygen atoms in total. The second kappa shape index (κ2) is 7.44. The average molecular weight is 418 g/mol. The van der Waals surface area contributed by atoms with Crippen LogP contribution in [0.4, 0.5) is 10.1 Å². The molecule has 0 saturated carbocycles. The number of fused-ring (bicyclic) bond motifs is 1. The van der Waals surface area contributed by atoms with E-state index in [1.807, 2.05) is 19.9 Å². The van der Waals surface area contributed by atoms with Gasteiger partial charge in [0.05, 0.1) is 6.04 Å². The number of thioether (sulfide) groups is 1. The van der Waals surface area contributed by atoms with Crippen LogP contribution in [-0.2, 0) is 4.79 Å². The molecule has 28 heavy (non-hydrogen) atoms. The molecule has 0 bridgehead atoms. The Kier molecular flexibility index (Phi) is 4.99. The van der Waals surface area contributed by atoms with Crippen molar-refractivity contribution in [3.8, 4) is 0 Å². The highest BCUT2D eigenvalue weighted by molar-refractivity contribution is 8.00. The molecule has 144 valence electrons. The number of rotatable bonds is 3. The second-order valence-electron chi connectivity index (χ2n) is 6.51. The summed E-state index contributed by atoms with van der Waals surface area (Å²) >= 11 is 7.38. The number of hydrogen-bond acceptors (Lipinski definition) is 5. The summed E-state index contributed by atoms with van der Waals surface area (Å²) in [6.07, 6.45) is 0. The molecule has 2 heterocycles. The first kappa shape index (κ1) is 18.8. The topological polar surface area (TPSA) is 71.8 Å². The van der Waals surface area contributed by atoms with Gasteiger partial charge in [-0.1, -0.05) is 41.6 Å². The number of anilines is 1. The zero-order valence-electron chi connectivity index (χ0n) is 15.1. The average Bonchev–Trinajstić information content (AvgIpc) is 3.04. The van der Waals surface area contributed by atoms with Crippen molar-refractivity contribution >= 4 is 35.0 Å². The lowest BCUT2D eigenvalue weighted by Gasteiger charge is -2.32. The van der Waals surface area contributed by atoms with E-state index in [2.05, 4.69) is 20.9 Å². The summed E-state index contributed by atoms with van der Waals surface area (Å²) in [6, 6.07) is 11.0.